The summed E-state index contributed by atoms with van der Waals surface area (Å²) in [7, 11) is 1.47. The smallest absolute Gasteiger partial charge is 0.329 e. The fraction of sp³-hybridized carbons (Fsp3) is 0.154. The molecule has 0 aliphatic rings. The summed E-state index contributed by atoms with van der Waals surface area (Å²) < 4.78 is 11.0. The molecule has 0 aliphatic heterocycles. The van der Waals surface area contributed by atoms with E-state index in [2.05, 4.69) is 21.2 Å². The number of hydrazone groups is 1. The number of para-hydroxylation sites is 1. The molecule has 0 spiro atoms. The molecular weight excluding hydrogens is 448 g/mol. The number of nitrogens with one attached hydrogen (secondary N) is 3. The molecule has 0 fully saturated rings. The first-order chi connectivity index (χ1) is 17.0. The van der Waals surface area contributed by atoms with E-state index in [1.165, 1.54) is 13.3 Å². The monoisotopic (exact) mass is 474 g/mol. The van der Waals surface area contributed by atoms with Crippen LogP contribution in [0.3, 0.4) is 0 Å². The van der Waals surface area contributed by atoms with Crippen molar-refractivity contribution in [2.45, 2.75) is 13.5 Å². The summed E-state index contributed by atoms with van der Waals surface area (Å²) in [6, 6.07) is 21.6. The second kappa shape index (κ2) is 12.5. The van der Waals surface area contributed by atoms with E-state index in [0.29, 0.717) is 23.5 Å². The zero-order valence-corrected chi connectivity index (χ0v) is 19.4. The second-order valence-corrected chi connectivity index (χ2v) is 7.45. The number of methoxy groups -OCH3 is 1. The van der Waals surface area contributed by atoms with E-state index in [1.807, 2.05) is 49.4 Å². The molecule has 0 unspecified atom stereocenters. The van der Waals surface area contributed by atoms with Crippen LogP contribution in [0.4, 0.5) is 5.69 Å². The van der Waals surface area contributed by atoms with Gasteiger partial charge in [0.25, 0.3) is 5.91 Å². The highest BCUT2D eigenvalue weighted by molar-refractivity contribution is 6.39. The van der Waals surface area contributed by atoms with Crippen LogP contribution >= 0.6 is 0 Å². The van der Waals surface area contributed by atoms with Crippen molar-refractivity contribution in [3.05, 3.63) is 89.5 Å². The summed E-state index contributed by atoms with van der Waals surface area (Å²) in [5.74, 6) is -1.46. The van der Waals surface area contributed by atoms with Crippen molar-refractivity contribution in [3.63, 3.8) is 0 Å². The summed E-state index contributed by atoms with van der Waals surface area (Å²) >= 11 is 0. The lowest BCUT2D eigenvalue weighted by Gasteiger charge is -2.13. The molecule has 0 saturated heterocycles. The first kappa shape index (κ1) is 25.0. The highest BCUT2D eigenvalue weighted by atomic mass is 16.5. The summed E-state index contributed by atoms with van der Waals surface area (Å²) in [4.78, 5) is 36.4. The molecule has 3 N–H and O–H groups in total. The van der Waals surface area contributed by atoms with Crippen molar-refractivity contribution >= 4 is 29.6 Å². The van der Waals surface area contributed by atoms with Gasteiger partial charge in [-0.2, -0.15) is 5.10 Å². The van der Waals surface area contributed by atoms with Gasteiger partial charge in [-0.25, -0.2) is 5.43 Å². The molecule has 3 amide bonds. The topological polar surface area (TPSA) is 118 Å². The van der Waals surface area contributed by atoms with Gasteiger partial charge in [0.2, 0.25) is 0 Å². The van der Waals surface area contributed by atoms with Crippen LogP contribution < -0.4 is 25.5 Å². The minimum absolute atomic E-state index is 0.251. The zero-order chi connectivity index (χ0) is 25.0. The standard InChI is InChI=1S/C26H26N4O5/c1-18-11-13-21(14-12-18)29-25(32)26(33)30-28-16-20-9-6-10-22(34-2)24(20)35-17-23(31)27-15-19-7-4-3-5-8-19/h3-14,16H,15,17H2,1-2H3,(H,27,31)(H,29,32)(H,30,33)/b28-16-. The van der Waals surface area contributed by atoms with E-state index in [9.17, 15) is 14.4 Å². The molecule has 9 nitrogen and oxygen atoms in total. The molecular formula is C26H26N4O5. The van der Waals surface area contributed by atoms with Gasteiger partial charge in [0.15, 0.2) is 18.1 Å². The molecule has 9 heteroatoms. The van der Waals surface area contributed by atoms with Crippen LogP contribution in [0.5, 0.6) is 11.5 Å². The van der Waals surface area contributed by atoms with Gasteiger partial charge in [0, 0.05) is 17.8 Å². The predicted octanol–water partition coefficient (Wildman–Crippen LogP) is 2.79. The number of hydrogen-bond donors (Lipinski definition) is 3. The molecule has 3 aromatic carbocycles. The highest BCUT2D eigenvalue weighted by Gasteiger charge is 2.14. The Labute approximate surface area is 203 Å². The third-order valence-corrected chi connectivity index (χ3v) is 4.79. The number of aryl methyl sites for hydroxylation is 1. The van der Waals surface area contributed by atoms with Gasteiger partial charge in [-0.3, -0.25) is 14.4 Å². The SMILES string of the molecule is COc1cccc(/C=N\NC(=O)C(=O)Nc2ccc(C)cc2)c1OCC(=O)NCc1ccccc1. The average Bonchev–Trinajstić information content (AvgIpc) is 2.88. The van der Waals surface area contributed by atoms with E-state index in [4.69, 9.17) is 9.47 Å². The third kappa shape index (κ3) is 7.71. The highest BCUT2D eigenvalue weighted by Crippen LogP contribution is 2.30. The maximum Gasteiger partial charge on any atom is 0.329 e. The van der Waals surface area contributed by atoms with Crippen molar-refractivity contribution in [3.8, 4) is 11.5 Å². The van der Waals surface area contributed by atoms with Gasteiger partial charge in [-0.05, 0) is 36.8 Å². The Morgan fingerprint density at radius 2 is 1.66 bits per heavy atom. The Bertz CT molecular complexity index is 1190. The van der Waals surface area contributed by atoms with Crippen molar-refractivity contribution in [2.24, 2.45) is 5.10 Å². The fourth-order valence-electron chi connectivity index (χ4n) is 2.97. The van der Waals surface area contributed by atoms with E-state index in [-0.39, 0.29) is 18.3 Å². The summed E-state index contributed by atoms with van der Waals surface area (Å²) in [6.45, 7) is 2.04. The van der Waals surface area contributed by atoms with Gasteiger partial charge in [-0.1, -0.05) is 54.1 Å². The van der Waals surface area contributed by atoms with E-state index in [0.717, 1.165) is 11.1 Å². The molecule has 35 heavy (non-hydrogen) atoms. The van der Waals surface area contributed by atoms with Crippen LogP contribution in [0, 0.1) is 6.92 Å². The molecule has 0 saturated carbocycles. The first-order valence-electron chi connectivity index (χ1n) is 10.8. The molecule has 0 aromatic heterocycles. The lowest BCUT2D eigenvalue weighted by molar-refractivity contribution is -0.136. The number of ether oxygens (including phenoxy) is 2. The van der Waals surface area contributed by atoms with Crippen LogP contribution in [0.2, 0.25) is 0 Å². The molecule has 0 radical (unpaired) electrons. The van der Waals surface area contributed by atoms with Crippen LogP contribution in [-0.4, -0.2) is 37.7 Å². The minimum atomic E-state index is -0.938. The number of anilines is 1. The van der Waals surface area contributed by atoms with Crippen molar-refractivity contribution in [1.29, 1.82) is 0 Å². The number of benzene rings is 3. The van der Waals surface area contributed by atoms with E-state index < -0.39 is 11.8 Å². The number of amides is 3. The van der Waals surface area contributed by atoms with Crippen molar-refractivity contribution in [1.82, 2.24) is 10.7 Å². The maximum absolute atomic E-state index is 12.2. The largest absolute Gasteiger partial charge is 0.493 e. The van der Waals surface area contributed by atoms with Crippen LogP contribution in [0.25, 0.3) is 0 Å². The quantitative estimate of drug-likeness (QED) is 0.250. The zero-order valence-electron chi connectivity index (χ0n) is 19.4. The summed E-state index contributed by atoms with van der Waals surface area (Å²) in [5, 5.41) is 9.11. The predicted molar refractivity (Wildman–Crippen MR) is 132 cm³/mol. The number of carbonyl (C=O) groups excluding carboxylic acids is 3. The molecule has 180 valence electrons. The van der Waals surface area contributed by atoms with E-state index >= 15 is 0 Å². The Balaban J connectivity index is 1.57. The Morgan fingerprint density at radius 3 is 2.37 bits per heavy atom. The van der Waals surface area contributed by atoms with Gasteiger partial charge in [-0.15, -0.1) is 0 Å². The van der Waals surface area contributed by atoms with Gasteiger partial charge < -0.3 is 20.1 Å². The molecule has 0 heterocycles. The third-order valence-electron chi connectivity index (χ3n) is 4.79. The van der Waals surface area contributed by atoms with Crippen LogP contribution in [-0.2, 0) is 20.9 Å². The van der Waals surface area contributed by atoms with Gasteiger partial charge >= 0.3 is 11.8 Å². The van der Waals surface area contributed by atoms with Crippen LogP contribution in [0.15, 0.2) is 77.9 Å². The van der Waals surface area contributed by atoms with Gasteiger partial charge in [0.05, 0.1) is 13.3 Å². The number of carbonyl (C=O) groups is 3. The lowest BCUT2D eigenvalue weighted by atomic mass is 10.2. The molecule has 0 bridgehead atoms. The summed E-state index contributed by atoms with van der Waals surface area (Å²) in [5.41, 5.74) is 5.11. The second-order valence-electron chi connectivity index (χ2n) is 7.45. The number of rotatable bonds is 9. The van der Waals surface area contributed by atoms with Crippen molar-refractivity contribution < 1.29 is 23.9 Å². The molecule has 0 aliphatic carbocycles. The number of hydrogen-bond acceptors (Lipinski definition) is 6. The first-order valence-corrected chi connectivity index (χ1v) is 10.8. The number of nitrogens with zero attached hydrogens (tertiary/aromatic N) is 1. The fourth-order valence-corrected chi connectivity index (χ4v) is 2.97. The molecule has 3 rings (SSSR count). The average molecular weight is 475 g/mol. The minimum Gasteiger partial charge on any atom is -0.493 e. The Hall–Kier alpha value is -4.66. The van der Waals surface area contributed by atoms with Crippen molar-refractivity contribution in [2.75, 3.05) is 19.0 Å². The molecule has 0 atom stereocenters. The Kier molecular flexibility index (Phi) is 8.95. The lowest BCUT2D eigenvalue weighted by Crippen LogP contribution is -2.32. The maximum atomic E-state index is 12.2. The van der Waals surface area contributed by atoms with E-state index in [1.54, 1.807) is 30.3 Å². The Morgan fingerprint density at radius 1 is 0.914 bits per heavy atom. The van der Waals surface area contributed by atoms with Crippen LogP contribution in [0.1, 0.15) is 16.7 Å². The van der Waals surface area contributed by atoms with Gasteiger partial charge in [0.1, 0.15) is 0 Å². The summed E-state index contributed by atoms with van der Waals surface area (Å²) in [6.07, 6.45) is 1.30. The normalized spacial score (nSPS) is 10.5. The molecule has 3 aromatic rings.